The molecule has 0 bridgehead atoms. The van der Waals surface area contributed by atoms with Crippen molar-refractivity contribution in [2.45, 2.75) is 38.8 Å². The van der Waals surface area contributed by atoms with Crippen LogP contribution < -0.4 is 10.5 Å². The summed E-state index contributed by atoms with van der Waals surface area (Å²) in [6, 6.07) is 14.1. The highest BCUT2D eigenvalue weighted by Gasteiger charge is 2.28. The number of benzene rings is 2. The van der Waals surface area contributed by atoms with E-state index in [-0.39, 0.29) is 17.4 Å². The molecular formula is C29H35N3O4. The number of nitrogens with zero attached hydrogens (tertiary/aromatic N) is 2. The molecule has 2 fully saturated rings. The van der Waals surface area contributed by atoms with Gasteiger partial charge in [0.05, 0.1) is 25.9 Å². The van der Waals surface area contributed by atoms with Gasteiger partial charge in [0.2, 0.25) is 5.56 Å². The van der Waals surface area contributed by atoms with Crippen molar-refractivity contribution in [3.63, 3.8) is 0 Å². The Morgan fingerprint density at radius 2 is 1.89 bits per heavy atom. The number of pyridine rings is 1. The summed E-state index contributed by atoms with van der Waals surface area (Å²) in [5.41, 5.74) is 5.48. The first-order chi connectivity index (χ1) is 17.5. The molecule has 1 N–H and O–H groups in total. The first-order valence-corrected chi connectivity index (χ1v) is 12.9. The third-order valence-electron chi connectivity index (χ3n) is 7.40. The van der Waals surface area contributed by atoms with E-state index in [4.69, 9.17) is 9.47 Å². The highest BCUT2D eigenvalue weighted by atomic mass is 16.5. The summed E-state index contributed by atoms with van der Waals surface area (Å²) in [5.74, 6) is 0.110. The summed E-state index contributed by atoms with van der Waals surface area (Å²) in [5, 5.41) is 0.973. The van der Waals surface area contributed by atoms with Crippen LogP contribution in [0, 0.1) is 6.92 Å². The molecule has 7 nitrogen and oxygen atoms in total. The summed E-state index contributed by atoms with van der Waals surface area (Å²) in [7, 11) is 1.74. The zero-order valence-corrected chi connectivity index (χ0v) is 21.2. The van der Waals surface area contributed by atoms with Gasteiger partial charge >= 0.3 is 0 Å². The van der Waals surface area contributed by atoms with Crippen molar-refractivity contribution in [2.24, 2.45) is 0 Å². The summed E-state index contributed by atoms with van der Waals surface area (Å²) >= 11 is 0. The number of carbonyl (C=O) groups excluding carboxylic acids is 1. The number of hydrogen-bond acceptors (Lipinski definition) is 6. The largest absolute Gasteiger partial charge is 0.383 e. The van der Waals surface area contributed by atoms with Crippen molar-refractivity contribution >= 4 is 22.4 Å². The Labute approximate surface area is 212 Å². The van der Waals surface area contributed by atoms with Crippen LogP contribution in [0.25, 0.3) is 10.9 Å². The van der Waals surface area contributed by atoms with Crippen LogP contribution in [0.4, 0.5) is 5.69 Å². The standard InChI is InChI=1S/C29H35N3O4/c1-20-14-29(34)30-26-7-5-21(15-24(20)26)17-28(33)25-16-22(18-31-10-12-36-13-11-31)6-8-27(25)32-9-3-4-23(32)19-35-2/h5-8,14-16,23H,3-4,9-13,17-19H2,1-2H3,(H,30,34). The molecule has 1 unspecified atom stereocenters. The van der Waals surface area contributed by atoms with Crippen LogP contribution in [0.15, 0.2) is 47.3 Å². The van der Waals surface area contributed by atoms with Crippen molar-refractivity contribution in [3.8, 4) is 0 Å². The minimum atomic E-state index is -0.109. The molecule has 5 rings (SSSR count). The zero-order valence-electron chi connectivity index (χ0n) is 21.2. The maximum absolute atomic E-state index is 13.8. The van der Waals surface area contributed by atoms with Crippen LogP contribution in [0.3, 0.4) is 0 Å². The van der Waals surface area contributed by atoms with Crippen LogP contribution in [-0.4, -0.2) is 68.3 Å². The van der Waals surface area contributed by atoms with Crippen LogP contribution in [0.2, 0.25) is 0 Å². The molecule has 190 valence electrons. The lowest BCUT2D eigenvalue weighted by Crippen LogP contribution is -2.36. The van der Waals surface area contributed by atoms with Gasteiger partial charge < -0.3 is 19.4 Å². The number of morpholine rings is 1. The lowest BCUT2D eigenvalue weighted by atomic mass is 9.97. The van der Waals surface area contributed by atoms with Gasteiger partial charge in [0.15, 0.2) is 5.78 Å². The van der Waals surface area contributed by atoms with Crippen molar-refractivity contribution in [2.75, 3.05) is 51.5 Å². The van der Waals surface area contributed by atoms with E-state index in [1.54, 1.807) is 13.2 Å². The van der Waals surface area contributed by atoms with Crippen molar-refractivity contribution in [1.82, 2.24) is 9.88 Å². The predicted molar refractivity (Wildman–Crippen MR) is 142 cm³/mol. The van der Waals surface area contributed by atoms with E-state index >= 15 is 0 Å². The van der Waals surface area contributed by atoms with E-state index < -0.39 is 0 Å². The minimum absolute atomic E-state index is 0.109. The molecule has 0 saturated carbocycles. The van der Waals surface area contributed by atoms with Gasteiger partial charge in [-0.05, 0) is 60.7 Å². The van der Waals surface area contributed by atoms with Crippen LogP contribution >= 0.6 is 0 Å². The van der Waals surface area contributed by atoms with E-state index in [0.717, 1.165) is 91.1 Å². The van der Waals surface area contributed by atoms with Gasteiger partial charge in [-0.3, -0.25) is 14.5 Å². The number of aromatic nitrogens is 1. The third kappa shape index (κ3) is 5.38. The number of H-pyrrole nitrogens is 1. The number of aryl methyl sites for hydroxylation is 1. The lowest BCUT2D eigenvalue weighted by molar-refractivity contribution is 0.0342. The fourth-order valence-corrected chi connectivity index (χ4v) is 5.55. The maximum Gasteiger partial charge on any atom is 0.248 e. The second-order valence-electron chi connectivity index (χ2n) is 9.98. The zero-order chi connectivity index (χ0) is 25.1. The molecule has 2 saturated heterocycles. The Hall–Kier alpha value is -3.00. The van der Waals surface area contributed by atoms with E-state index in [1.165, 1.54) is 0 Å². The molecule has 2 aromatic carbocycles. The Morgan fingerprint density at radius 1 is 1.08 bits per heavy atom. The van der Waals surface area contributed by atoms with Gasteiger partial charge in [0.25, 0.3) is 0 Å². The molecule has 7 heteroatoms. The van der Waals surface area contributed by atoms with Crippen LogP contribution in [0.1, 0.15) is 39.9 Å². The number of rotatable bonds is 8. The average Bonchev–Trinajstić information content (AvgIpc) is 3.33. The minimum Gasteiger partial charge on any atom is -0.383 e. The number of nitrogens with one attached hydrogen (secondary N) is 1. The number of carbonyl (C=O) groups is 1. The van der Waals surface area contributed by atoms with Crippen LogP contribution in [-0.2, 0) is 22.4 Å². The number of ether oxygens (including phenoxy) is 2. The number of ketones is 1. The molecule has 3 heterocycles. The molecule has 2 aliphatic heterocycles. The normalized spacial score (nSPS) is 18.7. The smallest absolute Gasteiger partial charge is 0.248 e. The van der Waals surface area contributed by atoms with E-state index in [2.05, 4.69) is 33.0 Å². The topological polar surface area (TPSA) is 74.9 Å². The van der Waals surface area contributed by atoms with Gasteiger partial charge in [0.1, 0.15) is 0 Å². The molecule has 0 spiro atoms. The van der Waals surface area contributed by atoms with Gasteiger partial charge in [-0.25, -0.2) is 0 Å². The molecule has 36 heavy (non-hydrogen) atoms. The number of anilines is 1. The highest BCUT2D eigenvalue weighted by Crippen LogP contribution is 2.31. The fourth-order valence-electron chi connectivity index (χ4n) is 5.55. The molecule has 0 amide bonds. The summed E-state index contributed by atoms with van der Waals surface area (Å²) in [6.07, 6.45) is 2.48. The Kier molecular flexibility index (Phi) is 7.51. The van der Waals surface area contributed by atoms with Crippen molar-refractivity contribution in [3.05, 3.63) is 75.1 Å². The third-order valence-corrected chi connectivity index (χ3v) is 7.40. The number of fused-ring (bicyclic) bond motifs is 1. The molecule has 2 aliphatic rings. The second kappa shape index (κ2) is 10.9. The number of Topliss-reactive ketones (excluding diaryl/α,β-unsaturated/α-hetero) is 1. The summed E-state index contributed by atoms with van der Waals surface area (Å²) < 4.78 is 11.0. The van der Waals surface area contributed by atoms with Crippen molar-refractivity contribution in [1.29, 1.82) is 0 Å². The van der Waals surface area contributed by atoms with Gasteiger partial charge in [-0.2, -0.15) is 0 Å². The lowest BCUT2D eigenvalue weighted by Gasteiger charge is -2.30. The average molecular weight is 490 g/mol. The molecule has 1 atom stereocenters. The quantitative estimate of drug-likeness (QED) is 0.487. The van der Waals surface area contributed by atoms with Crippen molar-refractivity contribution < 1.29 is 14.3 Å². The molecule has 0 aliphatic carbocycles. The molecular weight excluding hydrogens is 454 g/mol. The molecule has 1 aromatic heterocycles. The SMILES string of the molecule is COCC1CCCN1c1ccc(CN2CCOCC2)cc1C(=O)Cc1ccc2[nH]c(=O)cc(C)c2c1. The van der Waals surface area contributed by atoms with Crippen LogP contribution in [0.5, 0.6) is 0 Å². The highest BCUT2D eigenvalue weighted by molar-refractivity contribution is 6.03. The number of aromatic amines is 1. The van der Waals surface area contributed by atoms with Gasteiger partial charge in [-0.1, -0.05) is 12.1 Å². The van der Waals surface area contributed by atoms with E-state index in [1.807, 2.05) is 25.1 Å². The Morgan fingerprint density at radius 3 is 2.69 bits per heavy atom. The first-order valence-electron chi connectivity index (χ1n) is 12.9. The molecule has 3 aromatic rings. The van der Waals surface area contributed by atoms with E-state index in [9.17, 15) is 9.59 Å². The first kappa shape index (κ1) is 24.7. The second-order valence-corrected chi connectivity index (χ2v) is 9.98. The number of methoxy groups -OCH3 is 1. The summed E-state index contributed by atoms with van der Waals surface area (Å²) in [6.45, 7) is 7.65. The number of hydrogen-bond donors (Lipinski definition) is 1. The van der Waals surface area contributed by atoms with E-state index in [0.29, 0.717) is 13.0 Å². The van der Waals surface area contributed by atoms with Gasteiger partial charge in [-0.15, -0.1) is 0 Å². The Bertz CT molecular complexity index is 1300. The van der Waals surface area contributed by atoms with Gasteiger partial charge in [0, 0.05) is 67.9 Å². The molecule has 0 radical (unpaired) electrons. The fraction of sp³-hybridized carbons (Fsp3) is 0.448. The maximum atomic E-state index is 13.8. The predicted octanol–water partition coefficient (Wildman–Crippen LogP) is 3.71. The Balaban J connectivity index is 1.46. The summed E-state index contributed by atoms with van der Waals surface area (Å²) in [4.78, 5) is 33.3. The monoisotopic (exact) mass is 489 g/mol.